The van der Waals surface area contributed by atoms with Crippen LogP contribution in [0.15, 0.2) is 24.3 Å². The van der Waals surface area contributed by atoms with E-state index < -0.39 is 5.97 Å². The zero-order valence-electron chi connectivity index (χ0n) is 7.74. The van der Waals surface area contributed by atoms with E-state index in [9.17, 15) is 9.18 Å². The molecule has 0 aliphatic heterocycles. The summed E-state index contributed by atoms with van der Waals surface area (Å²) in [6.45, 7) is 1.90. The van der Waals surface area contributed by atoms with Gasteiger partial charge < -0.3 is 5.11 Å². The van der Waals surface area contributed by atoms with E-state index in [0.29, 0.717) is 0 Å². The zero-order chi connectivity index (χ0) is 10.6. The second kappa shape index (κ2) is 5.00. The number of carboxylic acids is 1. The summed E-state index contributed by atoms with van der Waals surface area (Å²) in [5, 5.41) is 8.55. The van der Waals surface area contributed by atoms with E-state index >= 15 is 0 Å². The summed E-state index contributed by atoms with van der Waals surface area (Å²) in [7, 11) is 0. The Bertz CT molecular complexity index is 310. The van der Waals surface area contributed by atoms with E-state index in [-0.39, 0.29) is 16.8 Å². The summed E-state index contributed by atoms with van der Waals surface area (Å²) in [5.41, 5.74) is 0.942. The largest absolute Gasteiger partial charge is 0.481 e. The first-order valence-electron chi connectivity index (χ1n) is 4.18. The van der Waals surface area contributed by atoms with Gasteiger partial charge in [-0.1, -0.05) is 12.1 Å². The van der Waals surface area contributed by atoms with Crippen molar-refractivity contribution < 1.29 is 14.3 Å². The zero-order valence-corrected chi connectivity index (χ0v) is 8.55. The van der Waals surface area contributed by atoms with Crippen LogP contribution >= 0.6 is 11.8 Å². The molecule has 0 radical (unpaired) electrons. The van der Waals surface area contributed by atoms with Gasteiger partial charge in [-0.25, -0.2) is 4.39 Å². The van der Waals surface area contributed by atoms with Gasteiger partial charge in [-0.2, -0.15) is 0 Å². The number of carboxylic acid groups (broad SMARTS) is 1. The van der Waals surface area contributed by atoms with Crippen LogP contribution in [0.1, 0.15) is 17.7 Å². The van der Waals surface area contributed by atoms with Crippen LogP contribution in [0.25, 0.3) is 0 Å². The van der Waals surface area contributed by atoms with Gasteiger partial charge in [0.25, 0.3) is 0 Å². The molecule has 0 aliphatic rings. The molecule has 0 spiro atoms. The molecule has 0 aromatic heterocycles. The molecule has 1 aromatic carbocycles. The van der Waals surface area contributed by atoms with E-state index in [1.807, 2.05) is 6.92 Å². The van der Waals surface area contributed by atoms with Crippen molar-refractivity contribution in [2.45, 2.75) is 12.2 Å². The molecule has 1 atom stereocenters. The minimum absolute atomic E-state index is 0.0680. The molecule has 14 heavy (non-hydrogen) atoms. The highest BCUT2D eigenvalue weighted by Crippen LogP contribution is 2.27. The van der Waals surface area contributed by atoms with Gasteiger partial charge in [0.2, 0.25) is 0 Å². The average molecular weight is 214 g/mol. The minimum Gasteiger partial charge on any atom is -0.481 e. The average Bonchev–Trinajstić information content (AvgIpc) is 2.15. The molecule has 0 saturated heterocycles. The molecule has 1 N–H and O–H groups in total. The first-order chi connectivity index (χ1) is 6.59. The van der Waals surface area contributed by atoms with E-state index in [2.05, 4.69) is 0 Å². The summed E-state index contributed by atoms with van der Waals surface area (Å²) < 4.78 is 12.6. The Morgan fingerprint density at radius 1 is 1.50 bits per heavy atom. The smallest absolute Gasteiger partial charge is 0.313 e. The van der Waals surface area contributed by atoms with Crippen LogP contribution in [0.3, 0.4) is 0 Å². The van der Waals surface area contributed by atoms with Crippen LogP contribution in [-0.4, -0.2) is 16.8 Å². The maximum atomic E-state index is 12.6. The van der Waals surface area contributed by atoms with Crippen molar-refractivity contribution in [1.29, 1.82) is 0 Å². The summed E-state index contributed by atoms with van der Waals surface area (Å²) in [6, 6.07) is 6.12. The maximum absolute atomic E-state index is 12.6. The molecule has 1 aromatic rings. The number of rotatable bonds is 4. The number of hydrogen-bond donors (Lipinski definition) is 1. The number of thioether (sulfide) groups is 1. The fourth-order valence-corrected chi connectivity index (χ4v) is 1.77. The second-order valence-corrected chi connectivity index (χ2v) is 4.23. The lowest BCUT2D eigenvalue weighted by atomic mass is 10.2. The summed E-state index contributed by atoms with van der Waals surface area (Å²) in [4.78, 5) is 10.3. The molecular formula is C10H11FO2S. The lowest BCUT2D eigenvalue weighted by Gasteiger charge is -2.09. The van der Waals surface area contributed by atoms with Crippen molar-refractivity contribution >= 4 is 17.7 Å². The van der Waals surface area contributed by atoms with Crippen LogP contribution in [0.4, 0.5) is 4.39 Å². The lowest BCUT2D eigenvalue weighted by Crippen LogP contribution is -2.00. The van der Waals surface area contributed by atoms with Gasteiger partial charge in [-0.15, -0.1) is 11.8 Å². The molecular weight excluding hydrogens is 203 g/mol. The first-order valence-corrected chi connectivity index (χ1v) is 5.23. The van der Waals surface area contributed by atoms with Gasteiger partial charge in [0.15, 0.2) is 0 Å². The molecule has 76 valence electrons. The van der Waals surface area contributed by atoms with Crippen LogP contribution in [0, 0.1) is 5.82 Å². The summed E-state index contributed by atoms with van der Waals surface area (Å²) >= 11 is 1.32. The van der Waals surface area contributed by atoms with Crippen molar-refractivity contribution in [2.24, 2.45) is 0 Å². The number of halogens is 1. The summed E-state index contributed by atoms with van der Waals surface area (Å²) in [5.74, 6) is -1.04. The predicted molar refractivity (Wildman–Crippen MR) is 54.9 cm³/mol. The van der Waals surface area contributed by atoms with Crippen molar-refractivity contribution in [3.8, 4) is 0 Å². The fraction of sp³-hybridized carbons (Fsp3) is 0.300. The quantitative estimate of drug-likeness (QED) is 0.837. The third-order valence-electron chi connectivity index (χ3n) is 1.80. The number of carbonyl (C=O) groups is 1. The predicted octanol–water partition coefficient (Wildman–Crippen LogP) is 2.70. The van der Waals surface area contributed by atoms with Gasteiger partial charge in [0.05, 0.1) is 5.75 Å². The van der Waals surface area contributed by atoms with Crippen LogP contribution in [-0.2, 0) is 4.79 Å². The Hall–Kier alpha value is -1.03. The molecule has 0 saturated carbocycles. The molecule has 0 heterocycles. The second-order valence-electron chi connectivity index (χ2n) is 2.90. The Labute approximate surface area is 86.1 Å². The molecule has 0 bridgehead atoms. The highest BCUT2D eigenvalue weighted by Gasteiger charge is 2.07. The van der Waals surface area contributed by atoms with E-state index in [0.717, 1.165) is 5.56 Å². The van der Waals surface area contributed by atoms with Crippen molar-refractivity contribution in [2.75, 3.05) is 5.75 Å². The highest BCUT2D eigenvalue weighted by molar-refractivity contribution is 8.00. The fourth-order valence-electron chi connectivity index (χ4n) is 1.03. The van der Waals surface area contributed by atoms with Gasteiger partial charge in [0.1, 0.15) is 5.82 Å². The van der Waals surface area contributed by atoms with Crippen LogP contribution in [0.5, 0.6) is 0 Å². The highest BCUT2D eigenvalue weighted by atomic mass is 32.2. The van der Waals surface area contributed by atoms with E-state index in [4.69, 9.17) is 5.11 Å². The standard InChI is InChI=1S/C10H11FO2S/c1-7(14-6-10(12)13)8-2-4-9(11)5-3-8/h2-5,7H,6H2,1H3,(H,12,13). The van der Waals surface area contributed by atoms with E-state index in [1.165, 1.54) is 23.9 Å². The van der Waals surface area contributed by atoms with Gasteiger partial charge in [-0.05, 0) is 24.6 Å². The Kier molecular flexibility index (Phi) is 3.95. The molecule has 0 amide bonds. The number of benzene rings is 1. The minimum atomic E-state index is -0.830. The SMILES string of the molecule is CC(SCC(=O)O)c1ccc(F)cc1. The Morgan fingerprint density at radius 3 is 2.57 bits per heavy atom. The van der Waals surface area contributed by atoms with Crippen LogP contribution < -0.4 is 0 Å². The molecule has 1 unspecified atom stereocenters. The lowest BCUT2D eigenvalue weighted by molar-refractivity contribution is -0.133. The van der Waals surface area contributed by atoms with Crippen molar-refractivity contribution in [1.82, 2.24) is 0 Å². The normalized spacial score (nSPS) is 12.4. The Balaban J connectivity index is 2.56. The molecule has 0 fully saturated rings. The maximum Gasteiger partial charge on any atom is 0.313 e. The third-order valence-corrected chi connectivity index (χ3v) is 2.98. The van der Waals surface area contributed by atoms with Gasteiger partial charge >= 0.3 is 5.97 Å². The van der Waals surface area contributed by atoms with Crippen molar-refractivity contribution in [3.05, 3.63) is 35.6 Å². The third kappa shape index (κ3) is 3.38. The summed E-state index contributed by atoms with van der Waals surface area (Å²) in [6.07, 6.45) is 0. The first kappa shape index (κ1) is 11.0. The molecule has 0 aliphatic carbocycles. The van der Waals surface area contributed by atoms with Gasteiger partial charge in [-0.3, -0.25) is 4.79 Å². The molecule has 2 nitrogen and oxygen atoms in total. The van der Waals surface area contributed by atoms with Crippen molar-refractivity contribution in [3.63, 3.8) is 0 Å². The Morgan fingerprint density at radius 2 is 2.07 bits per heavy atom. The molecule has 1 rings (SSSR count). The number of aliphatic carboxylic acids is 1. The number of hydrogen-bond acceptors (Lipinski definition) is 2. The van der Waals surface area contributed by atoms with Crippen LogP contribution in [0.2, 0.25) is 0 Å². The molecule has 4 heteroatoms. The van der Waals surface area contributed by atoms with E-state index in [1.54, 1.807) is 12.1 Å². The monoisotopic (exact) mass is 214 g/mol. The van der Waals surface area contributed by atoms with Gasteiger partial charge in [0, 0.05) is 5.25 Å². The topological polar surface area (TPSA) is 37.3 Å².